The molecule has 0 saturated heterocycles. The van der Waals surface area contributed by atoms with Gasteiger partial charge in [-0.3, -0.25) is 0 Å². The maximum Gasteiger partial charge on any atom is 0.410 e. The molecule has 0 heterocycles. The Balaban J connectivity index is 2.03. The number of hydrogen-bond donors (Lipinski definition) is 1. The predicted molar refractivity (Wildman–Crippen MR) is 91.3 cm³/mol. The second kappa shape index (κ2) is 7.71. The number of carbonyl (C=O) groups is 1. The fourth-order valence-corrected chi connectivity index (χ4v) is 3.05. The van der Waals surface area contributed by atoms with Gasteiger partial charge in [0.05, 0.1) is 6.54 Å². The number of carbonyl (C=O) groups excluding carboxylic acids is 1. The first-order valence-corrected chi connectivity index (χ1v) is 8.60. The molecular weight excluding hydrogens is 290 g/mol. The summed E-state index contributed by atoms with van der Waals surface area (Å²) in [4.78, 5) is 14.2. The normalized spacial score (nSPS) is 15.6. The molecule has 1 aromatic rings. The summed E-state index contributed by atoms with van der Waals surface area (Å²) in [5.41, 5.74) is 0.242. The van der Waals surface area contributed by atoms with Gasteiger partial charge in [0.15, 0.2) is 0 Å². The van der Waals surface area contributed by atoms with Gasteiger partial charge in [-0.1, -0.05) is 43.9 Å². The monoisotopic (exact) mass is 319 g/mol. The van der Waals surface area contributed by atoms with E-state index in [0.29, 0.717) is 19.0 Å². The van der Waals surface area contributed by atoms with Crippen molar-refractivity contribution in [2.75, 3.05) is 6.54 Å². The van der Waals surface area contributed by atoms with E-state index in [1.54, 1.807) is 17.0 Å². The lowest BCUT2D eigenvalue weighted by Crippen LogP contribution is -2.37. The molecule has 0 atom stereocenters. The second-order valence-electron chi connectivity index (χ2n) is 7.47. The fourth-order valence-electron chi connectivity index (χ4n) is 3.05. The van der Waals surface area contributed by atoms with Gasteiger partial charge in [-0.15, -0.1) is 0 Å². The zero-order chi connectivity index (χ0) is 16.9. The third-order valence-corrected chi connectivity index (χ3v) is 4.29. The van der Waals surface area contributed by atoms with Crippen LogP contribution in [0.3, 0.4) is 0 Å². The molecule has 1 N–H and O–H groups in total. The molecule has 1 fully saturated rings. The number of nitrogens with zero attached hydrogens (tertiary/aromatic N) is 1. The van der Waals surface area contributed by atoms with Gasteiger partial charge in [-0.2, -0.15) is 0 Å². The number of hydrogen-bond acceptors (Lipinski definition) is 3. The van der Waals surface area contributed by atoms with Crippen LogP contribution in [0.25, 0.3) is 0 Å². The van der Waals surface area contributed by atoms with E-state index in [0.717, 1.165) is 12.0 Å². The minimum absolute atomic E-state index is 0.224. The predicted octanol–water partition coefficient (Wildman–Crippen LogP) is 4.71. The number of rotatable bonds is 5. The van der Waals surface area contributed by atoms with Gasteiger partial charge in [-0.25, -0.2) is 4.79 Å². The molecule has 1 aliphatic carbocycles. The van der Waals surface area contributed by atoms with E-state index in [1.165, 1.54) is 25.7 Å². The SMILES string of the molecule is CC(C)(C)OC(=O)N(CCC1CCCC1)Cc1ccccc1O. The summed E-state index contributed by atoms with van der Waals surface area (Å²) < 4.78 is 5.53. The summed E-state index contributed by atoms with van der Waals surface area (Å²) in [6, 6.07) is 7.16. The van der Waals surface area contributed by atoms with Crippen LogP contribution in [0.2, 0.25) is 0 Å². The van der Waals surface area contributed by atoms with Crippen molar-refractivity contribution in [1.29, 1.82) is 0 Å². The van der Waals surface area contributed by atoms with Crippen LogP contribution in [0.4, 0.5) is 4.79 Å². The van der Waals surface area contributed by atoms with E-state index in [2.05, 4.69) is 0 Å². The number of ether oxygens (including phenoxy) is 1. The highest BCUT2D eigenvalue weighted by Crippen LogP contribution is 2.28. The number of benzene rings is 1. The largest absolute Gasteiger partial charge is 0.508 e. The summed E-state index contributed by atoms with van der Waals surface area (Å²) in [5, 5.41) is 9.97. The number of amides is 1. The number of phenols is 1. The first-order valence-electron chi connectivity index (χ1n) is 8.60. The third kappa shape index (κ3) is 5.77. The molecule has 0 spiro atoms. The Morgan fingerprint density at radius 1 is 1.26 bits per heavy atom. The van der Waals surface area contributed by atoms with Crippen LogP contribution in [0, 0.1) is 5.92 Å². The molecule has 0 unspecified atom stereocenters. The van der Waals surface area contributed by atoms with E-state index >= 15 is 0 Å². The molecule has 0 aliphatic heterocycles. The van der Waals surface area contributed by atoms with Gasteiger partial charge >= 0.3 is 6.09 Å². The van der Waals surface area contributed by atoms with Crippen LogP contribution >= 0.6 is 0 Å². The first-order chi connectivity index (χ1) is 10.8. The summed E-state index contributed by atoms with van der Waals surface area (Å²) in [5.74, 6) is 0.936. The number of phenolic OH excluding ortho intramolecular Hbond substituents is 1. The number of para-hydroxylation sites is 1. The fraction of sp³-hybridized carbons (Fsp3) is 0.632. The minimum Gasteiger partial charge on any atom is -0.508 e. The minimum atomic E-state index is -0.512. The zero-order valence-electron chi connectivity index (χ0n) is 14.5. The summed E-state index contributed by atoms with van der Waals surface area (Å²) in [7, 11) is 0. The third-order valence-electron chi connectivity index (χ3n) is 4.29. The molecule has 1 amide bonds. The van der Waals surface area contributed by atoms with Crippen LogP contribution in [0.1, 0.15) is 58.4 Å². The van der Waals surface area contributed by atoms with E-state index in [4.69, 9.17) is 4.74 Å². The zero-order valence-corrected chi connectivity index (χ0v) is 14.5. The van der Waals surface area contributed by atoms with Gasteiger partial charge < -0.3 is 14.7 Å². The number of aromatic hydroxyl groups is 1. The standard InChI is InChI=1S/C19H29NO3/c1-19(2,3)23-18(22)20(13-12-15-8-4-5-9-15)14-16-10-6-7-11-17(16)21/h6-7,10-11,15,21H,4-5,8-9,12-14H2,1-3H3. The first kappa shape index (κ1) is 17.6. The van der Waals surface area contributed by atoms with Crippen LogP contribution in [-0.2, 0) is 11.3 Å². The lowest BCUT2D eigenvalue weighted by atomic mass is 10.0. The maximum absolute atomic E-state index is 12.5. The van der Waals surface area contributed by atoms with Gasteiger partial charge in [0.25, 0.3) is 0 Å². The highest BCUT2D eigenvalue weighted by molar-refractivity contribution is 5.68. The Morgan fingerprint density at radius 3 is 2.52 bits per heavy atom. The highest BCUT2D eigenvalue weighted by atomic mass is 16.6. The second-order valence-corrected chi connectivity index (χ2v) is 7.47. The molecule has 1 saturated carbocycles. The lowest BCUT2D eigenvalue weighted by Gasteiger charge is -2.28. The van der Waals surface area contributed by atoms with Crippen molar-refractivity contribution in [1.82, 2.24) is 4.90 Å². The van der Waals surface area contributed by atoms with Crippen LogP contribution in [-0.4, -0.2) is 28.2 Å². The average molecular weight is 319 g/mol. The van der Waals surface area contributed by atoms with Crippen molar-refractivity contribution in [2.45, 2.75) is 65.0 Å². The van der Waals surface area contributed by atoms with Crippen LogP contribution in [0.5, 0.6) is 5.75 Å². The molecule has 128 valence electrons. The molecule has 4 heteroatoms. The molecular formula is C19H29NO3. The molecule has 4 nitrogen and oxygen atoms in total. The van der Waals surface area contributed by atoms with Gasteiger partial charge in [-0.05, 0) is 39.2 Å². The Labute approximate surface area is 139 Å². The van der Waals surface area contributed by atoms with Gasteiger partial charge in [0.1, 0.15) is 11.4 Å². The van der Waals surface area contributed by atoms with Crippen molar-refractivity contribution in [3.8, 4) is 5.75 Å². The maximum atomic E-state index is 12.5. The Kier molecular flexibility index (Phi) is 5.91. The molecule has 0 aromatic heterocycles. The molecule has 0 radical (unpaired) electrons. The van der Waals surface area contributed by atoms with Crippen molar-refractivity contribution < 1.29 is 14.6 Å². The molecule has 23 heavy (non-hydrogen) atoms. The lowest BCUT2D eigenvalue weighted by molar-refractivity contribution is 0.0223. The Morgan fingerprint density at radius 2 is 1.91 bits per heavy atom. The highest BCUT2D eigenvalue weighted by Gasteiger charge is 2.24. The topological polar surface area (TPSA) is 49.8 Å². The van der Waals surface area contributed by atoms with E-state index in [1.807, 2.05) is 32.9 Å². The van der Waals surface area contributed by atoms with Gasteiger partial charge in [0, 0.05) is 12.1 Å². The van der Waals surface area contributed by atoms with Crippen molar-refractivity contribution in [3.05, 3.63) is 29.8 Å². The Hall–Kier alpha value is -1.71. The molecule has 1 aromatic carbocycles. The van der Waals surface area contributed by atoms with Crippen LogP contribution < -0.4 is 0 Å². The Bertz CT molecular complexity index is 516. The van der Waals surface area contributed by atoms with Crippen molar-refractivity contribution in [3.63, 3.8) is 0 Å². The van der Waals surface area contributed by atoms with Crippen molar-refractivity contribution in [2.24, 2.45) is 5.92 Å². The average Bonchev–Trinajstić information content (AvgIpc) is 2.96. The van der Waals surface area contributed by atoms with E-state index < -0.39 is 5.60 Å². The summed E-state index contributed by atoms with van der Waals surface area (Å²) >= 11 is 0. The van der Waals surface area contributed by atoms with Gasteiger partial charge in [0.2, 0.25) is 0 Å². The molecule has 2 rings (SSSR count). The molecule has 0 bridgehead atoms. The van der Waals surface area contributed by atoms with E-state index in [-0.39, 0.29) is 11.8 Å². The molecule has 1 aliphatic rings. The summed E-state index contributed by atoms with van der Waals surface area (Å²) in [6.45, 7) is 6.68. The smallest absolute Gasteiger partial charge is 0.410 e. The van der Waals surface area contributed by atoms with Crippen molar-refractivity contribution >= 4 is 6.09 Å². The van der Waals surface area contributed by atoms with E-state index in [9.17, 15) is 9.90 Å². The quantitative estimate of drug-likeness (QED) is 0.855. The summed E-state index contributed by atoms with van der Waals surface area (Å²) in [6.07, 6.45) is 5.83. The van der Waals surface area contributed by atoms with Crippen LogP contribution in [0.15, 0.2) is 24.3 Å².